The Morgan fingerprint density at radius 1 is 1.59 bits per heavy atom. The molecule has 2 N–H and O–H groups in total. The molecule has 2 aromatic heterocycles. The van der Waals surface area contributed by atoms with E-state index in [0.717, 1.165) is 5.56 Å². The minimum Gasteiger partial charge on any atom is -0.481 e. The van der Waals surface area contributed by atoms with Crippen molar-refractivity contribution in [1.29, 1.82) is 0 Å². The molecule has 2 heterocycles. The summed E-state index contributed by atoms with van der Waals surface area (Å²) in [6.45, 7) is 0.790. The molecule has 0 fully saturated rings. The quantitative estimate of drug-likeness (QED) is 0.756. The smallest absolute Gasteiger partial charge is 0.304 e. The molecule has 0 unspecified atom stereocenters. The molecule has 0 aromatic carbocycles. The van der Waals surface area contributed by atoms with Gasteiger partial charge < -0.3 is 14.9 Å². The molecule has 0 aliphatic heterocycles. The minimum absolute atomic E-state index is 0.0786. The van der Waals surface area contributed by atoms with Crippen LogP contribution in [0.4, 0.5) is 0 Å². The van der Waals surface area contributed by atoms with E-state index in [9.17, 15) is 4.79 Å². The molecule has 0 amide bonds. The maximum atomic E-state index is 10.3. The van der Waals surface area contributed by atoms with Crippen molar-refractivity contribution in [3.63, 3.8) is 0 Å². The first-order valence-electron chi connectivity index (χ1n) is 5.03. The number of nitrogens with one attached hydrogen (secondary N) is 1. The molecule has 0 aliphatic carbocycles. The van der Waals surface area contributed by atoms with E-state index < -0.39 is 5.97 Å². The van der Waals surface area contributed by atoms with E-state index >= 15 is 0 Å². The molecule has 90 valence electrons. The summed E-state index contributed by atoms with van der Waals surface area (Å²) in [5, 5.41) is 19.0. The molecule has 0 saturated carbocycles. The Morgan fingerprint density at radius 2 is 2.47 bits per heavy atom. The molecule has 0 aliphatic rings. The summed E-state index contributed by atoms with van der Waals surface area (Å²) in [7, 11) is 0. The number of aliphatic carboxylic acids is 1. The van der Waals surface area contributed by atoms with Crippen molar-refractivity contribution in [2.75, 3.05) is 6.54 Å². The lowest BCUT2D eigenvalue weighted by Crippen LogP contribution is -2.18. The van der Waals surface area contributed by atoms with Gasteiger partial charge in [-0.3, -0.25) is 4.79 Å². The number of carboxylic acid groups (broad SMARTS) is 1. The van der Waals surface area contributed by atoms with Gasteiger partial charge in [0, 0.05) is 11.9 Å². The Morgan fingerprint density at radius 3 is 3.18 bits per heavy atom. The lowest BCUT2D eigenvalue weighted by molar-refractivity contribution is -0.136. The van der Waals surface area contributed by atoms with Gasteiger partial charge in [-0.2, -0.15) is 16.3 Å². The second-order valence-corrected chi connectivity index (χ2v) is 4.13. The van der Waals surface area contributed by atoms with Crippen molar-refractivity contribution in [3.8, 4) is 11.5 Å². The summed E-state index contributed by atoms with van der Waals surface area (Å²) in [6, 6.07) is 1.90. The highest BCUT2D eigenvalue weighted by Crippen LogP contribution is 2.19. The number of hydrogen-bond donors (Lipinski definition) is 2. The molecule has 0 atom stereocenters. The van der Waals surface area contributed by atoms with Gasteiger partial charge in [-0.25, -0.2) is 0 Å². The summed E-state index contributed by atoms with van der Waals surface area (Å²) >= 11 is 1.56. The third-order valence-corrected chi connectivity index (χ3v) is 2.72. The molecule has 17 heavy (non-hydrogen) atoms. The van der Waals surface area contributed by atoms with Crippen LogP contribution in [0.3, 0.4) is 0 Å². The average molecular weight is 253 g/mol. The topological polar surface area (TPSA) is 88.2 Å². The fourth-order valence-corrected chi connectivity index (χ4v) is 1.85. The Hall–Kier alpha value is -1.73. The van der Waals surface area contributed by atoms with Gasteiger partial charge in [0.05, 0.1) is 18.5 Å². The van der Waals surface area contributed by atoms with Crippen molar-refractivity contribution in [1.82, 2.24) is 15.5 Å². The van der Waals surface area contributed by atoms with Crippen LogP contribution in [0.1, 0.15) is 12.2 Å². The van der Waals surface area contributed by atoms with Crippen molar-refractivity contribution in [3.05, 3.63) is 22.7 Å². The zero-order valence-corrected chi connectivity index (χ0v) is 9.74. The van der Waals surface area contributed by atoms with Gasteiger partial charge in [-0.15, -0.1) is 0 Å². The van der Waals surface area contributed by atoms with Gasteiger partial charge in [-0.05, 0) is 11.4 Å². The van der Waals surface area contributed by atoms with Crippen molar-refractivity contribution in [2.45, 2.75) is 13.0 Å². The number of aromatic nitrogens is 2. The van der Waals surface area contributed by atoms with E-state index in [1.165, 1.54) is 0 Å². The molecule has 0 saturated heterocycles. The van der Waals surface area contributed by atoms with E-state index in [4.69, 9.17) is 9.63 Å². The van der Waals surface area contributed by atoms with Gasteiger partial charge in [0.1, 0.15) is 0 Å². The molecular weight excluding hydrogens is 242 g/mol. The summed E-state index contributed by atoms with van der Waals surface area (Å²) < 4.78 is 5.08. The van der Waals surface area contributed by atoms with Crippen LogP contribution in [-0.4, -0.2) is 27.8 Å². The standard InChI is InChI=1S/C10H11N3O3S/c14-9(15)1-3-11-5-8-12-10(16-13-8)7-2-4-17-6-7/h2,4,6,11H,1,3,5H2,(H,14,15). The fourth-order valence-electron chi connectivity index (χ4n) is 1.22. The highest BCUT2D eigenvalue weighted by Gasteiger charge is 2.08. The number of nitrogens with zero attached hydrogens (tertiary/aromatic N) is 2. The lowest BCUT2D eigenvalue weighted by atomic mass is 10.3. The van der Waals surface area contributed by atoms with Crippen LogP contribution in [0, 0.1) is 0 Å². The number of hydrogen-bond acceptors (Lipinski definition) is 6. The van der Waals surface area contributed by atoms with Crippen LogP contribution in [0.2, 0.25) is 0 Å². The average Bonchev–Trinajstić information content (AvgIpc) is 2.94. The summed E-state index contributed by atoms with van der Waals surface area (Å²) in [4.78, 5) is 14.5. The Kier molecular flexibility index (Phi) is 3.84. The Balaban J connectivity index is 1.84. The van der Waals surface area contributed by atoms with Crippen molar-refractivity contribution in [2.24, 2.45) is 0 Å². The van der Waals surface area contributed by atoms with Crippen LogP contribution in [-0.2, 0) is 11.3 Å². The van der Waals surface area contributed by atoms with Gasteiger partial charge in [-0.1, -0.05) is 5.16 Å². The summed E-state index contributed by atoms with van der Waals surface area (Å²) in [6.07, 6.45) is 0.0786. The first kappa shape index (κ1) is 11.7. The zero-order chi connectivity index (χ0) is 12.1. The predicted octanol–water partition coefficient (Wildman–Crippen LogP) is 1.36. The molecule has 0 radical (unpaired) electrons. The molecular formula is C10H11N3O3S. The molecule has 0 spiro atoms. The van der Waals surface area contributed by atoms with E-state index in [-0.39, 0.29) is 6.42 Å². The second kappa shape index (κ2) is 5.55. The van der Waals surface area contributed by atoms with Gasteiger partial charge in [0.2, 0.25) is 0 Å². The maximum Gasteiger partial charge on any atom is 0.304 e. The zero-order valence-electron chi connectivity index (χ0n) is 8.92. The van der Waals surface area contributed by atoms with E-state index in [2.05, 4.69) is 15.5 Å². The fraction of sp³-hybridized carbons (Fsp3) is 0.300. The van der Waals surface area contributed by atoms with Crippen molar-refractivity contribution < 1.29 is 14.4 Å². The third kappa shape index (κ3) is 3.36. The van der Waals surface area contributed by atoms with Gasteiger partial charge >= 0.3 is 5.97 Å². The summed E-state index contributed by atoms with van der Waals surface area (Å²) in [5.41, 5.74) is 0.902. The van der Waals surface area contributed by atoms with Crippen LogP contribution in [0.25, 0.3) is 11.5 Å². The maximum absolute atomic E-state index is 10.3. The SMILES string of the molecule is O=C(O)CCNCc1noc(-c2ccsc2)n1. The molecule has 7 heteroatoms. The van der Waals surface area contributed by atoms with Crippen molar-refractivity contribution >= 4 is 17.3 Å². The number of carbonyl (C=O) groups is 1. The molecule has 6 nitrogen and oxygen atoms in total. The Labute approximate surface area is 101 Å². The highest BCUT2D eigenvalue weighted by molar-refractivity contribution is 7.08. The third-order valence-electron chi connectivity index (χ3n) is 2.03. The highest BCUT2D eigenvalue weighted by atomic mass is 32.1. The number of carboxylic acids is 1. The van der Waals surface area contributed by atoms with Gasteiger partial charge in [0.25, 0.3) is 5.89 Å². The second-order valence-electron chi connectivity index (χ2n) is 3.35. The van der Waals surface area contributed by atoms with Crippen LogP contribution in [0.15, 0.2) is 21.3 Å². The van der Waals surface area contributed by atoms with Crippen LogP contribution < -0.4 is 5.32 Å². The number of rotatable bonds is 6. The Bertz CT molecular complexity index is 481. The van der Waals surface area contributed by atoms with E-state index in [1.54, 1.807) is 11.3 Å². The largest absolute Gasteiger partial charge is 0.481 e. The molecule has 2 aromatic rings. The van der Waals surface area contributed by atoms with E-state index in [1.807, 2.05) is 16.8 Å². The monoisotopic (exact) mass is 253 g/mol. The number of thiophene rings is 1. The van der Waals surface area contributed by atoms with Crippen LogP contribution >= 0.6 is 11.3 Å². The van der Waals surface area contributed by atoms with E-state index in [0.29, 0.717) is 24.8 Å². The first-order valence-corrected chi connectivity index (χ1v) is 5.97. The lowest BCUT2D eigenvalue weighted by Gasteiger charge is -1.96. The normalized spacial score (nSPS) is 10.6. The first-order chi connectivity index (χ1) is 8.25. The molecule has 2 rings (SSSR count). The predicted molar refractivity (Wildman–Crippen MR) is 61.6 cm³/mol. The summed E-state index contributed by atoms with van der Waals surface area (Å²) in [5.74, 6) is 0.183. The minimum atomic E-state index is -0.829. The van der Waals surface area contributed by atoms with Crippen LogP contribution in [0.5, 0.6) is 0 Å². The van der Waals surface area contributed by atoms with Gasteiger partial charge in [0.15, 0.2) is 5.82 Å². The molecule has 0 bridgehead atoms.